The quantitative estimate of drug-likeness (QED) is 0.798. The molecule has 3 nitrogen and oxygen atoms in total. The molecule has 0 spiro atoms. The molecule has 0 bridgehead atoms. The number of hydrogen-bond acceptors (Lipinski definition) is 3. The summed E-state index contributed by atoms with van der Waals surface area (Å²) < 4.78 is 11.4. The molecule has 1 aliphatic carbocycles. The predicted molar refractivity (Wildman–Crippen MR) is 80.6 cm³/mol. The number of carbonyl (C=O) groups excluding carboxylic acids is 1. The van der Waals surface area contributed by atoms with Crippen LogP contribution in [0.2, 0.25) is 0 Å². The fourth-order valence-electron chi connectivity index (χ4n) is 3.23. The molecule has 0 amide bonds. The Kier molecular flexibility index (Phi) is 4.22. The number of carbonyl (C=O) groups is 1. The Labute approximate surface area is 125 Å². The number of benzene rings is 1. The lowest BCUT2D eigenvalue weighted by Gasteiger charge is -2.38. The van der Waals surface area contributed by atoms with Crippen molar-refractivity contribution in [3.8, 4) is 0 Å². The van der Waals surface area contributed by atoms with Crippen molar-refractivity contribution in [2.24, 2.45) is 11.8 Å². The Balaban J connectivity index is 1.63. The lowest BCUT2D eigenvalue weighted by Crippen LogP contribution is -2.45. The zero-order chi connectivity index (χ0) is 14.8. The van der Waals surface area contributed by atoms with E-state index in [2.05, 4.69) is 13.8 Å². The highest BCUT2D eigenvalue weighted by molar-refractivity contribution is 5.85. The molecule has 0 N–H and O–H groups in total. The molecular weight excluding hydrogens is 264 g/mol. The summed E-state index contributed by atoms with van der Waals surface area (Å²) >= 11 is 0. The summed E-state index contributed by atoms with van der Waals surface area (Å²) in [5, 5.41) is 0. The minimum Gasteiger partial charge on any atom is -0.346 e. The highest BCUT2D eigenvalue weighted by Crippen LogP contribution is 2.38. The molecule has 1 aromatic rings. The normalized spacial score (nSPS) is 29.4. The molecule has 3 atom stereocenters. The van der Waals surface area contributed by atoms with Gasteiger partial charge in [0.1, 0.15) is 0 Å². The number of rotatable bonds is 3. The van der Waals surface area contributed by atoms with Crippen LogP contribution in [0.4, 0.5) is 0 Å². The van der Waals surface area contributed by atoms with Gasteiger partial charge in [0.2, 0.25) is 6.29 Å². The van der Waals surface area contributed by atoms with E-state index < -0.39 is 6.29 Å². The second-order valence-corrected chi connectivity index (χ2v) is 6.20. The molecule has 1 aliphatic heterocycles. The lowest BCUT2D eigenvalue weighted by atomic mass is 9.73. The minimum absolute atomic E-state index is 0.0724. The third-order valence-corrected chi connectivity index (χ3v) is 4.70. The van der Waals surface area contributed by atoms with Gasteiger partial charge in [0.15, 0.2) is 5.78 Å². The number of ether oxygens (including phenoxy) is 2. The number of hydrogen-bond donors (Lipinski definition) is 0. The van der Waals surface area contributed by atoms with Crippen LogP contribution < -0.4 is 0 Å². The topological polar surface area (TPSA) is 35.5 Å². The second-order valence-electron chi connectivity index (χ2n) is 6.20. The Hall–Kier alpha value is -1.45. The number of ketones is 1. The van der Waals surface area contributed by atoms with Crippen molar-refractivity contribution < 1.29 is 14.3 Å². The predicted octanol–water partition coefficient (Wildman–Crippen LogP) is 3.49. The second kappa shape index (κ2) is 6.12. The summed E-state index contributed by atoms with van der Waals surface area (Å²) in [6, 6.07) is 9.89. The monoisotopic (exact) mass is 286 g/mol. The first-order valence-electron chi connectivity index (χ1n) is 7.61. The smallest absolute Gasteiger partial charge is 0.218 e. The van der Waals surface area contributed by atoms with Crippen LogP contribution in [-0.4, -0.2) is 18.7 Å². The van der Waals surface area contributed by atoms with Gasteiger partial charge in [-0.3, -0.25) is 4.79 Å². The van der Waals surface area contributed by atoms with Crippen molar-refractivity contribution in [2.75, 3.05) is 6.61 Å². The first-order chi connectivity index (χ1) is 10.1. The zero-order valence-electron chi connectivity index (χ0n) is 12.7. The molecule has 0 radical (unpaired) electrons. The van der Waals surface area contributed by atoms with Gasteiger partial charge in [0.05, 0.1) is 13.2 Å². The van der Waals surface area contributed by atoms with Gasteiger partial charge in [-0.05, 0) is 38.2 Å². The summed E-state index contributed by atoms with van der Waals surface area (Å²) in [6.07, 6.45) is 1.15. The first-order valence-corrected chi connectivity index (χ1v) is 7.61. The molecule has 1 saturated heterocycles. The molecule has 3 rings (SSSR count). The first kappa shape index (κ1) is 14.5. The standard InChI is InChI=1S/C18H22O3/c1-12-8-15-11-21-18(17(19)16(15)9-13(12)2)20-10-14-6-4-3-5-7-14/h3-7,15-16,18H,8-11H2,1-2H3/t15-,16-,18-/m0/s1. The molecule has 112 valence electrons. The molecule has 0 saturated carbocycles. The fraction of sp³-hybridized carbons (Fsp3) is 0.500. The molecule has 1 fully saturated rings. The summed E-state index contributed by atoms with van der Waals surface area (Å²) in [6.45, 7) is 5.34. The van der Waals surface area contributed by atoms with Crippen LogP contribution in [0.3, 0.4) is 0 Å². The summed E-state index contributed by atoms with van der Waals surface area (Å²) in [5.41, 5.74) is 3.83. The van der Waals surface area contributed by atoms with E-state index in [-0.39, 0.29) is 11.7 Å². The van der Waals surface area contributed by atoms with Crippen LogP contribution >= 0.6 is 0 Å². The highest BCUT2D eigenvalue weighted by atomic mass is 16.7. The Bertz CT molecular complexity index is 547. The van der Waals surface area contributed by atoms with Crippen LogP contribution in [0, 0.1) is 11.8 Å². The molecule has 0 unspecified atom stereocenters. The zero-order valence-corrected chi connectivity index (χ0v) is 12.7. The van der Waals surface area contributed by atoms with E-state index in [4.69, 9.17) is 9.47 Å². The third kappa shape index (κ3) is 3.09. The van der Waals surface area contributed by atoms with E-state index in [1.807, 2.05) is 30.3 Å². The SMILES string of the molecule is CC1=C(C)C[C@@H]2C(=O)[C@@H](OCc3ccccc3)OC[C@@H]2C1. The van der Waals surface area contributed by atoms with E-state index in [1.165, 1.54) is 11.1 Å². The van der Waals surface area contributed by atoms with Crippen LogP contribution in [0.15, 0.2) is 41.5 Å². The molecule has 0 aromatic heterocycles. The molecule has 2 aliphatic rings. The van der Waals surface area contributed by atoms with E-state index in [0.29, 0.717) is 19.1 Å². The van der Waals surface area contributed by atoms with Crippen LogP contribution in [0.25, 0.3) is 0 Å². The maximum atomic E-state index is 12.6. The molecule has 21 heavy (non-hydrogen) atoms. The fourth-order valence-corrected chi connectivity index (χ4v) is 3.23. The Morgan fingerprint density at radius 2 is 1.86 bits per heavy atom. The van der Waals surface area contributed by atoms with E-state index in [9.17, 15) is 4.79 Å². The Morgan fingerprint density at radius 1 is 1.14 bits per heavy atom. The van der Waals surface area contributed by atoms with Crippen LogP contribution in [0.5, 0.6) is 0 Å². The Morgan fingerprint density at radius 3 is 2.62 bits per heavy atom. The van der Waals surface area contributed by atoms with Gasteiger partial charge in [-0.25, -0.2) is 0 Å². The van der Waals surface area contributed by atoms with Crippen molar-refractivity contribution in [1.29, 1.82) is 0 Å². The van der Waals surface area contributed by atoms with Gasteiger partial charge in [-0.15, -0.1) is 0 Å². The molecule has 3 heteroatoms. The van der Waals surface area contributed by atoms with Crippen molar-refractivity contribution in [2.45, 2.75) is 39.6 Å². The third-order valence-electron chi connectivity index (χ3n) is 4.70. The van der Waals surface area contributed by atoms with Crippen molar-refractivity contribution in [3.05, 3.63) is 47.0 Å². The average Bonchev–Trinajstić information content (AvgIpc) is 2.50. The number of Topliss-reactive ketones (excluding diaryl/α,β-unsaturated/α-hetero) is 1. The van der Waals surface area contributed by atoms with E-state index in [0.717, 1.165) is 18.4 Å². The van der Waals surface area contributed by atoms with E-state index in [1.54, 1.807) is 0 Å². The molecule has 1 aromatic carbocycles. The van der Waals surface area contributed by atoms with Crippen molar-refractivity contribution in [3.63, 3.8) is 0 Å². The maximum absolute atomic E-state index is 12.6. The summed E-state index contributed by atoms with van der Waals surface area (Å²) in [4.78, 5) is 12.6. The van der Waals surface area contributed by atoms with Gasteiger partial charge >= 0.3 is 0 Å². The molecular formula is C18H22O3. The highest BCUT2D eigenvalue weighted by Gasteiger charge is 2.41. The number of allylic oxidation sites excluding steroid dienone is 2. The van der Waals surface area contributed by atoms with Gasteiger partial charge in [-0.1, -0.05) is 41.5 Å². The van der Waals surface area contributed by atoms with Crippen LogP contribution in [0.1, 0.15) is 32.3 Å². The van der Waals surface area contributed by atoms with Gasteiger partial charge in [-0.2, -0.15) is 0 Å². The van der Waals surface area contributed by atoms with E-state index >= 15 is 0 Å². The largest absolute Gasteiger partial charge is 0.346 e. The summed E-state index contributed by atoms with van der Waals surface area (Å²) in [5.74, 6) is 0.523. The van der Waals surface area contributed by atoms with Gasteiger partial charge in [0, 0.05) is 5.92 Å². The van der Waals surface area contributed by atoms with Gasteiger partial charge in [0.25, 0.3) is 0 Å². The van der Waals surface area contributed by atoms with Gasteiger partial charge < -0.3 is 9.47 Å². The van der Waals surface area contributed by atoms with Crippen molar-refractivity contribution in [1.82, 2.24) is 0 Å². The lowest BCUT2D eigenvalue weighted by molar-refractivity contribution is -0.198. The number of fused-ring (bicyclic) bond motifs is 1. The minimum atomic E-state index is -0.697. The molecule has 1 heterocycles. The van der Waals surface area contributed by atoms with Crippen molar-refractivity contribution >= 4 is 5.78 Å². The summed E-state index contributed by atoms with van der Waals surface area (Å²) in [7, 11) is 0. The average molecular weight is 286 g/mol. The maximum Gasteiger partial charge on any atom is 0.218 e. The van der Waals surface area contributed by atoms with Crippen LogP contribution in [-0.2, 0) is 20.9 Å².